The van der Waals surface area contributed by atoms with Gasteiger partial charge in [-0.25, -0.2) is 0 Å². The topological polar surface area (TPSA) is 29.3 Å². The van der Waals surface area contributed by atoms with Gasteiger partial charge in [0.05, 0.1) is 0 Å². The molecule has 0 amide bonds. The van der Waals surface area contributed by atoms with Gasteiger partial charge in [-0.2, -0.15) is 0 Å². The van der Waals surface area contributed by atoms with Crippen molar-refractivity contribution in [2.75, 3.05) is 12.3 Å². The Hall–Kier alpha value is -1.28. The second-order valence-electron chi connectivity index (χ2n) is 5.47. The first-order valence-corrected chi connectivity index (χ1v) is 6.06. The van der Waals surface area contributed by atoms with Crippen LogP contribution in [0.1, 0.15) is 31.9 Å². The molecule has 1 rings (SSSR count). The van der Waals surface area contributed by atoms with Crippen LogP contribution in [0.3, 0.4) is 0 Å². The Kier molecular flexibility index (Phi) is 4.35. The van der Waals surface area contributed by atoms with Gasteiger partial charge in [-0.15, -0.1) is 6.58 Å². The molecule has 0 heterocycles. The number of anilines is 1. The molecular weight excluding hydrogens is 208 g/mol. The van der Waals surface area contributed by atoms with Crippen LogP contribution in [0, 0.1) is 6.92 Å². The van der Waals surface area contributed by atoms with Crippen LogP contribution >= 0.6 is 0 Å². The summed E-state index contributed by atoms with van der Waals surface area (Å²) in [5.41, 5.74) is 9.42. The van der Waals surface area contributed by atoms with Crippen molar-refractivity contribution >= 4 is 5.69 Å². The second kappa shape index (κ2) is 5.37. The maximum absolute atomic E-state index is 5.94. The van der Waals surface area contributed by atoms with E-state index in [9.17, 15) is 0 Å². The fourth-order valence-electron chi connectivity index (χ4n) is 1.81. The molecule has 0 aromatic heterocycles. The molecule has 0 aliphatic rings. The van der Waals surface area contributed by atoms with Gasteiger partial charge in [-0.3, -0.25) is 4.90 Å². The SMILES string of the molecule is C=CCN(Cc1cccc(N)c1C)C(C)(C)C. The molecule has 0 radical (unpaired) electrons. The summed E-state index contributed by atoms with van der Waals surface area (Å²) in [5.74, 6) is 0. The van der Waals surface area contributed by atoms with Crippen molar-refractivity contribution in [1.29, 1.82) is 0 Å². The summed E-state index contributed by atoms with van der Waals surface area (Å²) in [6.07, 6.45) is 1.95. The minimum Gasteiger partial charge on any atom is -0.399 e. The highest BCUT2D eigenvalue weighted by Gasteiger charge is 2.20. The number of benzene rings is 1. The van der Waals surface area contributed by atoms with Crippen LogP contribution in [0.4, 0.5) is 5.69 Å². The van der Waals surface area contributed by atoms with Crippen LogP contribution in [0.15, 0.2) is 30.9 Å². The highest BCUT2D eigenvalue weighted by molar-refractivity contribution is 5.49. The van der Waals surface area contributed by atoms with Gasteiger partial charge in [0.1, 0.15) is 0 Å². The largest absolute Gasteiger partial charge is 0.399 e. The molecular formula is C15H24N2. The zero-order valence-electron chi connectivity index (χ0n) is 11.5. The van der Waals surface area contributed by atoms with Crippen molar-refractivity contribution in [1.82, 2.24) is 4.90 Å². The summed E-state index contributed by atoms with van der Waals surface area (Å²) in [4.78, 5) is 2.39. The lowest BCUT2D eigenvalue weighted by Crippen LogP contribution is -2.41. The van der Waals surface area contributed by atoms with Crippen molar-refractivity contribution in [3.05, 3.63) is 42.0 Å². The molecule has 0 aliphatic carbocycles. The van der Waals surface area contributed by atoms with E-state index >= 15 is 0 Å². The van der Waals surface area contributed by atoms with Gasteiger partial charge in [-0.05, 0) is 44.9 Å². The van der Waals surface area contributed by atoms with Crippen molar-refractivity contribution in [3.63, 3.8) is 0 Å². The van der Waals surface area contributed by atoms with Crippen molar-refractivity contribution in [3.8, 4) is 0 Å². The Bertz CT molecular complexity index is 388. The average Bonchev–Trinajstić information content (AvgIpc) is 2.22. The average molecular weight is 232 g/mol. The van der Waals surface area contributed by atoms with E-state index in [0.29, 0.717) is 0 Å². The molecule has 2 heteroatoms. The summed E-state index contributed by atoms with van der Waals surface area (Å²) in [5, 5.41) is 0. The monoisotopic (exact) mass is 232 g/mol. The van der Waals surface area contributed by atoms with Gasteiger partial charge in [0.25, 0.3) is 0 Å². The number of rotatable bonds is 4. The standard InChI is InChI=1S/C15H24N2/c1-6-10-17(15(3,4)5)11-13-8-7-9-14(16)12(13)2/h6-9H,1,10-11,16H2,2-5H3. The lowest BCUT2D eigenvalue weighted by molar-refractivity contribution is 0.145. The van der Waals surface area contributed by atoms with Gasteiger partial charge in [0.15, 0.2) is 0 Å². The zero-order chi connectivity index (χ0) is 13.1. The lowest BCUT2D eigenvalue weighted by atomic mass is 10.0. The number of hydrogen-bond donors (Lipinski definition) is 1. The Labute approximate surface area is 105 Å². The molecule has 0 spiro atoms. The molecule has 1 aromatic rings. The van der Waals surface area contributed by atoms with Gasteiger partial charge in [-0.1, -0.05) is 18.2 Å². The van der Waals surface area contributed by atoms with Crippen LogP contribution in [0.25, 0.3) is 0 Å². The maximum atomic E-state index is 5.94. The van der Waals surface area contributed by atoms with Crippen LogP contribution in [0.2, 0.25) is 0 Å². The second-order valence-corrected chi connectivity index (χ2v) is 5.47. The predicted molar refractivity (Wildman–Crippen MR) is 76.0 cm³/mol. The molecule has 0 unspecified atom stereocenters. The maximum Gasteiger partial charge on any atom is 0.0346 e. The van der Waals surface area contributed by atoms with Crippen LogP contribution < -0.4 is 5.73 Å². The molecule has 0 bridgehead atoms. The van der Waals surface area contributed by atoms with Crippen LogP contribution in [-0.2, 0) is 6.54 Å². The summed E-state index contributed by atoms with van der Waals surface area (Å²) in [6, 6.07) is 6.12. The van der Waals surface area contributed by atoms with E-state index in [2.05, 4.69) is 45.2 Å². The van der Waals surface area contributed by atoms with E-state index in [-0.39, 0.29) is 5.54 Å². The Morgan fingerprint density at radius 3 is 2.53 bits per heavy atom. The summed E-state index contributed by atoms with van der Waals surface area (Å²) < 4.78 is 0. The van der Waals surface area contributed by atoms with E-state index in [1.54, 1.807) is 0 Å². The highest BCUT2D eigenvalue weighted by Crippen LogP contribution is 2.21. The molecule has 0 aliphatic heterocycles. The Morgan fingerprint density at radius 2 is 2.00 bits per heavy atom. The minimum atomic E-state index is 0.130. The van der Waals surface area contributed by atoms with Crippen molar-refractivity contribution in [2.24, 2.45) is 0 Å². The summed E-state index contributed by atoms with van der Waals surface area (Å²) in [7, 11) is 0. The molecule has 17 heavy (non-hydrogen) atoms. The predicted octanol–water partition coefficient (Wildman–Crippen LogP) is 3.36. The van der Waals surface area contributed by atoms with E-state index in [1.807, 2.05) is 18.2 Å². The molecule has 1 aromatic carbocycles. The smallest absolute Gasteiger partial charge is 0.0346 e. The van der Waals surface area contributed by atoms with Gasteiger partial charge < -0.3 is 5.73 Å². The molecule has 2 N–H and O–H groups in total. The van der Waals surface area contributed by atoms with Crippen LogP contribution in [-0.4, -0.2) is 17.0 Å². The van der Waals surface area contributed by atoms with E-state index in [1.165, 1.54) is 11.1 Å². The lowest BCUT2D eigenvalue weighted by Gasteiger charge is -2.35. The highest BCUT2D eigenvalue weighted by atomic mass is 15.2. The third-order valence-corrected chi connectivity index (χ3v) is 3.15. The Balaban J connectivity index is 2.94. The van der Waals surface area contributed by atoms with E-state index in [4.69, 9.17) is 5.73 Å². The molecule has 94 valence electrons. The quantitative estimate of drug-likeness (QED) is 0.637. The van der Waals surface area contributed by atoms with Crippen LogP contribution in [0.5, 0.6) is 0 Å². The first-order valence-electron chi connectivity index (χ1n) is 6.06. The molecule has 2 nitrogen and oxygen atoms in total. The van der Waals surface area contributed by atoms with Crippen molar-refractivity contribution in [2.45, 2.75) is 39.8 Å². The molecule has 0 fully saturated rings. The first kappa shape index (κ1) is 13.8. The normalized spacial score (nSPS) is 11.8. The molecule has 0 saturated carbocycles. The molecule has 0 saturated heterocycles. The number of hydrogen-bond acceptors (Lipinski definition) is 2. The Morgan fingerprint density at radius 1 is 1.35 bits per heavy atom. The van der Waals surface area contributed by atoms with Gasteiger partial charge >= 0.3 is 0 Å². The number of nitrogen functional groups attached to an aromatic ring is 1. The summed E-state index contributed by atoms with van der Waals surface area (Å²) >= 11 is 0. The van der Waals surface area contributed by atoms with Gasteiger partial charge in [0.2, 0.25) is 0 Å². The van der Waals surface area contributed by atoms with E-state index < -0.39 is 0 Å². The van der Waals surface area contributed by atoms with Gasteiger partial charge in [0, 0.05) is 24.3 Å². The molecule has 0 atom stereocenters. The number of nitrogens with zero attached hydrogens (tertiary/aromatic N) is 1. The first-order chi connectivity index (χ1) is 7.86. The fraction of sp³-hybridized carbons (Fsp3) is 0.467. The zero-order valence-corrected chi connectivity index (χ0v) is 11.5. The summed E-state index contributed by atoms with van der Waals surface area (Å²) in [6.45, 7) is 14.4. The third-order valence-electron chi connectivity index (χ3n) is 3.15. The minimum absolute atomic E-state index is 0.130. The fourth-order valence-corrected chi connectivity index (χ4v) is 1.81. The third kappa shape index (κ3) is 3.60. The van der Waals surface area contributed by atoms with Crippen molar-refractivity contribution < 1.29 is 0 Å². The van der Waals surface area contributed by atoms with E-state index in [0.717, 1.165) is 18.8 Å². The number of nitrogens with two attached hydrogens (primary N) is 1.